The number of nitro groups is 1. The van der Waals surface area contributed by atoms with Crippen molar-refractivity contribution in [1.82, 2.24) is 10.1 Å². The first-order chi connectivity index (χ1) is 12.1. The molecule has 0 unspecified atom stereocenters. The summed E-state index contributed by atoms with van der Waals surface area (Å²) in [5.74, 6) is 1.02. The average Bonchev–Trinajstić information content (AvgIpc) is 3.09. The molecule has 0 aliphatic rings. The Morgan fingerprint density at radius 3 is 2.68 bits per heavy atom. The molecule has 0 saturated heterocycles. The second-order valence-electron chi connectivity index (χ2n) is 4.90. The number of halogens is 1. The highest BCUT2D eigenvalue weighted by Gasteiger charge is 2.18. The molecule has 0 aliphatic heterocycles. The van der Waals surface area contributed by atoms with Gasteiger partial charge >= 0.3 is 5.69 Å². The number of hydrogen-bond donors (Lipinski definition) is 0. The van der Waals surface area contributed by atoms with Crippen LogP contribution in [0.25, 0.3) is 11.5 Å². The van der Waals surface area contributed by atoms with Gasteiger partial charge in [-0.05, 0) is 36.4 Å². The van der Waals surface area contributed by atoms with E-state index >= 15 is 0 Å². The highest BCUT2D eigenvalue weighted by Crippen LogP contribution is 2.31. The van der Waals surface area contributed by atoms with Crippen LogP contribution in [-0.4, -0.2) is 22.2 Å². The lowest BCUT2D eigenvalue weighted by Gasteiger charge is -2.06. The molecule has 0 saturated carbocycles. The Balaban J connectivity index is 1.74. The monoisotopic (exact) mass is 361 g/mol. The number of ether oxygens (including phenoxy) is 2. The lowest BCUT2D eigenvalue weighted by atomic mass is 10.2. The van der Waals surface area contributed by atoms with Crippen molar-refractivity contribution < 1.29 is 18.9 Å². The third-order valence-electron chi connectivity index (χ3n) is 3.28. The van der Waals surface area contributed by atoms with Gasteiger partial charge in [-0.2, -0.15) is 4.98 Å². The maximum Gasteiger partial charge on any atom is 0.314 e. The van der Waals surface area contributed by atoms with Gasteiger partial charge in [0, 0.05) is 10.6 Å². The number of methoxy groups -OCH3 is 1. The third kappa shape index (κ3) is 3.86. The summed E-state index contributed by atoms with van der Waals surface area (Å²) in [6, 6.07) is 11.2. The number of nitro benzene ring substituents is 1. The first kappa shape index (κ1) is 16.7. The van der Waals surface area contributed by atoms with Crippen molar-refractivity contribution in [3.05, 3.63) is 63.4 Å². The molecule has 3 aromatic rings. The van der Waals surface area contributed by atoms with Gasteiger partial charge in [0.1, 0.15) is 5.75 Å². The van der Waals surface area contributed by atoms with Crippen molar-refractivity contribution in [3.63, 3.8) is 0 Å². The van der Waals surface area contributed by atoms with Gasteiger partial charge in [-0.15, -0.1) is 0 Å². The summed E-state index contributed by atoms with van der Waals surface area (Å²) in [6.45, 7) is -0.0791. The minimum absolute atomic E-state index is 0.0791. The fraction of sp³-hybridized carbons (Fsp3) is 0.125. The van der Waals surface area contributed by atoms with Crippen molar-refractivity contribution in [1.29, 1.82) is 0 Å². The fourth-order valence-electron chi connectivity index (χ4n) is 2.05. The third-order valence-corrected chi connectivity index (χ3v) is 3.53. The van der Waals surface area contributed by atoms with Crippen LogP contribution in [0.3, 0.4) is 0 Å². The van der Waals surface area contributed by atoms with Gasteiger partial charge in [-0.25, -0.2) is 0 Å². The normalized spacial score (nSPS) is 10.5. The van der Waals surface area contributed by atoms with Crippen molar-refractivity contribution in [3.8, 4) is 23.0 Å². The van der Waals surface area contributed by atoms with E-state index < -0.39 is 4.92 Å². The predicted molar refractivity (Wildman–Crippen MR) is 88.7 cm³/mol. The number of benzene rings is 2. The standard InChI is InChI=1S/C16H12ClN3O5/c1-23-12-6-7-14(13(8-12)20(21)22)24-9-15-18-16(25-19-15)10-2-4-11(17)5-3-10/h2-8H,9H2,1H3. The predicted octanol–water partition coefficient (Wildman–Crippen LogP) is 3.89. The Labute approximate surface area is 147 Å². The van der Waals surface area contributed by atoms with Gasteiger partial charge in [-0.1, -0.05) is 16.8 Å². The van der Waals surface area contributed by atoms with Crippen molar-refractivity contribution in [2.75, 3.05) is 7.11 Å². The van der Waals surface area contributed by atoms with E-state index in [0.29, 0.717) is 22.2 Å². The van der Waals surface area contributed by atoms with E-state index in [1.54, 1.807) is 30.3 Å². The van der Waals surface area contributed by atoms with Crippen LogP contribution in [0, 0.1) is 10.1 Å². The Kier molecular flexibility index (Phi) is 4.80. The lowest BCUT2D eigenvalue weighted by Crippen LogP contribution is -2.01. The van der Waals surface area contributed by atoms with Gasteiger partial charge in [0.25, 0.3) is 5.89 Å². The summed E-state index contributed by atoms with van der Waals surface area (Å²) in [7, 11) is 1.43. The van der Waals surface area contributed by atoms with E-state index in [1.165, 1.54) is 19.2 Å². The molecule has 0 spiro atoms. The number of rotatable bonds is 6. The Morgan fingerprint density at radius 2 is 2.00 bits per heavy atom. The maximum absolute atomic E-state index is 11.1. The van der Waals surface area contributed by atoms with Crippen LogP contribution < -0.4 is 9.47 Å². The molecule has 1 aromatic heterocycles. The van der Waals surface area contributed by atoms with Crippen molar-refractivity contribution >= 4 is 17.3 Å². The lowest BCUT2D eigenvalue weighted by molar-refractivity contribution is -0.386. The zero-order chi connectivity index (χ0) is 17.8. The molecule has 0 N–H and O–H groups in total. The molecule has 3 rings (SSSR count). The van der Waals surface area contributed by atoms with E-state index in [4.69, 9.17) is 25.6 Å². The van der Waals surface area contributed by atoms with Crippen LogP contribution in [0.5, 0.6) is 11.5 Å². The smallest absolute Gasteiger partial charge is 0.314 e. The quantitative estimate of drug-likeness (QED) is 0.485. The summed E-state index contributed by atoms with van der Waals surface area (Å²) in [4.78, 5) is 14.8. The first-order valence-electron chi connectivity index (χ1n) is 7.10. The molecular formula is C16H12ClN3O5. The average molecular weight is 362 g/mol. The van der Waals surface area contributed by atoms with E-state index in [0.717, 1.165) is 0 Å². The van der Waals surface area contributed by atoms with Crippen LogP contribution in [-0.2, 0) is 6.61 Å². The minimum atomic E-state index is -0.548. The second kappa shape index (κ2) is 7.18. The minimum Gasteiger partial charge on any atom is -0.496 e. The van der Waals surface area contributed by atoms with Crippen molar-refractivity contribution in [2.45, 2.75) is 6.61 Å². The zero-order valence-corrected chi connectivity index (χ0v) is 13.8. The van der Waals surface area contributed by atoms with Gasteiger partial charge in [0.2, 0.25) is 5.82 Å². The highest BCUT2D eigenvalue weighted by atomic mass is 35.5. The molecule has 2 aromatic carbocycles. The topological polar surface area (TPSA) is 101 Å². The number of hydrogen-bond acceptors (Lipinski definition) is 7. The summed E-state index contributed by atoms with van der Waals surface area (Å²) in [6.07, 6.45) is 0. The largest absolute Gasteiger partial charge is 0.496 e. The van der Waals surface area contributed by atoms with Gasteiger partial charge in [-0.3, -0.25) is 10.1 Å². The molecular weight excluding hydrogens is 350 g/mol. The molecule has 25 heavy (non-hydrogen) atoms. The molecule has 9 heteroatoms. The van der Waals surface area contributed by atoms with Crippen molar-refractivity contribution in [2.24, 2.45) is 0 Å². The number of aromatic nitrogens is 2. The molecule has 0 fully saturated rings. The molecule has 128 valence electrons. The Hall–Kier alpha value is -3.13. The molecule has 0 aliphatic carbocycles. The molecule has 0 amide bonds. The molecule has 0 atom stereocenters. The van der Waals surface area contributed by atoms with Crippen LogP contribution >= 0.6 is 11.6 Å². The van der Waals surface area contributed by atoms with E-state index in [9.17, 15) is 10.1 Å². The van der Waals surface area contributed by atoms with Crippen LogP contribution in [0.4, 0.5) is 5.69 Å². The van der Waals surface area contributed by atoms with Crippen LogP contribution in [0.2, 0.25) is 5.02 Å². The Bertz CT molecular complexity index is 895. The van der Waals surface area contributed by atoms with E-state index in [2.05, 4.69) is 10.1 Å². The first-order valence-corrected chi connectivity index (χ1v) is 7.48. The summed E-state index contributed by atoms with van der Waals surface area (Å²) < 4.78 is 15.6. The van der Waals surface area contributed by atoms with E-state index in [1.807, 2.05) is 0 Å². The SMILES string of the molecule is COc1ccc(OCc2noc(-c3ccc(Cl)cc3)n2)c([N+](=O)[O-])c1. The molecule has 0 radical (unpaired) electrons. The summed E-state index contributed by atoms with van der Waals surface area (Å²) in [5.41, 5.74) is 0.499. The second-order valence-corrected chi connectivity index (χ2v) is 5.34. The van der Waals surface area contributed by atoms with Gasteiger partial charge < -0.3 is 14.0 Å². The number of nitrogens with zero attached hydrogens (tertiary/aromatic N) is 3. The zero-order valence-electron chi connectivity index (χ0n) is 13.0. The molecule has 0 bridgehead atoms. The fourth-order valence-corrected chi connectivity index (χ4v) is 2.18. The van der Waals surface area contributed by atoms with Gasteiger partial charge in [0.15, 0.2) is 12.4 Å². The molecule has 8 nitrogen and oxygen atoms in total. The van der Waals surface area contributed by atoms with Gasteiger partial charge in [0.05, 0.1) is 18.1 Å². The molecule has 1 heterocycles. The highest BCUT2D eigenvalue weighted by molar-refractivity contribution is 6.30. The van der Waals surface area contributed by atoms with Crippen LogP contribution in [0.15, 0.2) is 47.0 Å². The van der Waals surface area contributed by atoms with E-state index in [-0.39, 0.29) is 23.9 Å². The Morgan fingerprint density at radius 1 is 1.24 bits per heavy atom. The van der Waals surface area contributed by atoms with Crippen LogP contribution in [0.1, 0.15) is 5.82 Å². The maximum atomic E-state index is 11.1. The summed E-state index contributed by atoms with van der Waals surface area (Å²) in [5, 5.41) is 15.5. The summed E-state index contributed by atoms with van der Waals surface area (Å²) >= 11 is 5.83.